The van der Waals surface area contributed by atoms with Crippen molar-refractivity contribution in [1.29, 1.82) is 0 Å². The van der Waals surface area contributed by atoms with E-state index < -0.39 is 0 Å². The summed E-state index contributed by atoms with van der Waals surface area (Å²) < 4.78 is 0. The zero-order valence-corrected chi connectivity index (χ0v) is 15.2. The van der Waals surface area contributed by atoms with Crippen molar-refractivity contribution in [2.24, 2.45) is 0 Å². The molecule has 0 spiro atoms. The number of quaternary nitrogens is 1. The molecule has 0 heterocycles. The Balaban J connectivity index is 2.20. The molecule has 2 rings (SSSR count). The van der Waals surface area contributed by atoms with Gasteiger partial charge in [-0.15, -0.1) is 11.8 Å². The summed E-state index contributed by atoms with van der Waals surface area (Å²) in [6.45, 7) is 4.55. The molecule has 5 heteroatoms. The molecule has 0 radical (unpaired) electrons. The first-order chi connectivity index (χ1) is 11.0. The van der Waals surface area contributed by atoms with Crippen molar-refractivity contribution in [3.8, 4) is 0 Å². The van der Waals surface area contributed by atoms with Gasteiger partial charge in [-0.2, -0.15) is 0 Å². The number of anilines is 1. The summed E-state index contributed by atoms with van der Waals surface area (Å²) >= 11 is 7.74. The van der Waals surface area contributed by atoms with Crippen molar-refractivity contribution in [3.63, 3.8) is 0 Å². The highest BCUT2D eigenvalue weighted by Crippen LogP contribution is 2.28. The van der Waals surface area contributed by atoms with E-state index in [4.69, 9.17) is 11.6 Å². The number of nitrogens with zero attached hydrogens (tertiary/aromatic N) is 1. The Morgan fingerprint density at radius 3 is 2.52 bits per heavy atom. The van der Waals surface area contributed by atoms with E-state index in [9.17, 15) is 4.79 Å². The van der Waals surface area contributed by atoms with Crippen molar-refractivity contribution in [2.75, 3.05) is 17.7 Å². The van der Waals surface area contributed by atoms with E-state index in [2.05, 4.69) is 24.4 Å². The standard InChI is InChI=1S/C18H21ClN2OS/c1-4-23-18-10-9-16(21(3)13(2)22)11-17(18)20-12-14-5-7-15(19)8-6-14/h5-11,20H,4,12H2,1-3H3/p+1. The Morgan fingerprint density at radius 1 is 1.22 bits per heavy atom. The molecule has 0 aliphatic heterocycles. The molecule has 0 saturated heterocycles. The topological polar surface area (TPSA) is 36.9 Å². The number of rotatable bonds is 6. The van der Waals surface area contributed by atoms with Crippen LogP contribution in [0.4, 0.5) is 11.4 Å². The number of thioether (sulfide) groups is 1. The molecule has 2 aromatic rings. The first-order valence-electron chi connectivity index (χ1n) is 7.60. The van der Waals surface area contributed by atoms with Gasteiger partial charge in [0.1, 0.15) is 12.2 Å². The van der Waals surface area contributed by atoms with Crippen LogP contribution in [0.2, 0.25) is 5.02 Å². The molecule has 0 saturated carbocycles. The van der Waals surface area contributed by atoms with Crippen LogP contribution in [0.25, 0.3) is 0 Å². The highest BCUT2D eigenvalue weighted by atomic mass is 35.5. The highest BCUT2D eigenvalue weighted by Gasteiger charge is 2.12. The lowest BCUT2D eigenvalue weighted by Crippen LogP contribution is -2.76. The van der Waals surface area contributed by atoms with E-state index in [0.29, 0.717) is 0 Å². The van der Waals surface area contributed by atoms with Gasteiger partial charge in [0, 0.05) is 36.3 Å². The maximum Gasteiger partial charge on any atom is 0.223 e. The lowest BCUT2D eigenvalue weighted by Gasteiger charge is -2.16. The molecule has 2 N–H and O–H groups in total. The Bertz CT molecular complexity index is 673. The van der Waals surface area contributed by atoms with Crippen LogP contribution in [0.5, 0.6) is 0 Å². The van der Waals surface area contributed by atoms with Gasteiger partial charge in [0.05, 0.1) is 4.90 Å². The van der Waals surface area contributed by atoms with Crippen LogP contribution < -0.4 is 10.2 Å². The van der Waals surface area contributed by atoms with Crippen molar-refractivity contribution in [3.05, 3.63) is 53.1 Å². The van der Waals surface area contributed by atoms with E-state index in [0.717, 1.165) is 28.7 Å². The van der Waals surface area contributed by atoms with E-state index in [1.807, 2.05) is 42.1 Å². The van der Waals surface area contributed by atoms with E-state index in [-0.39, 0.29) is 5.91 Å². The van der Waals surface area contributed by atoms with E-state index >= 15 is 0 Å². The molecule has 0 aliphatic rings. The molecule has 2 aromatic carbocycles. The Hall–Kier alpha value is -1.49. The quantitative estimate of drug-likeness (QED) is 0.635. The Kier molecular flexibility index (Phi) is 6.51. The summed E-state index contributed by atoms with van der Waals surface area (Å²) in [4.78, 5) is 14.5. The van der Waals surface area contributed by atoms with Crippen LogP contribution in [0.15, 0.2) is 47.4 Å². The highest BCUT2D eigenvalue weighted by molar-refractivity contribution is 7.99. The van der Waals surface area contributed by atoms with Gasteiger partial charge in [0.15, 0.2) is 0 Å². The number of hydrogen-bond donors (Lipinski definition) is 1. The predicted molar refractivity (Wildman–Crippen MR) is 98.7 cm³/mol. The molecule has 3 nitrogen and oxygen atoms in total. The second kappa shape index (κ2) is 8.39. The minimum absolute atomic E-state index is 0.0320. The summed E-state index contributed by atoms with van der Waals surface area (Å²) in [5.74, 6) is 1.05. The lowest BCUT2D eigenvalue weighted by atomic mass is 10.2. The number of carbonyl (C=O) groups is 1. The SMILES string of the molecule is CCSc1ccc(N(C)C(C)=O)cc1[NH2+]Cc1ccc(Cl)cc1. The second-order valence-corrected chi connectivity index (χ2v) is 7.01. The number of amides is 1. The first-order valence-corrected chi connectivity index (χ1v) is 8.96. The maximum atomic E-state index is 11.6. The number of nitrogens with two attached hydrogens (primary N) is 1. The molecular formula is C18H22ClN2OS+. The fraction of sp³-hybridized carbons (Fsp3) is 0.278. The van der Waals surface area contributed by atoms with Crippen LogP contribution >= 0.6 is 23.4 Å². The third-order valence-corrected chi connectivity index (χ3v) is 4.85. The van der Waals surface area contributed by atoms with Gasteiger partial charge in [-0.3, -0.25) is 4.79 Å². The molecule has 0 fully saturated rings. The number of hydrogen-bond acceptors (Lipinski definition) is 2. The second-order valence-electron chi connectivity index (χ2n) is 5.27. The number of halogens is 1. The van der Waals surface area contributed by atoms with Gasteiger partial charge < -0.3 is 10.2 Å². The molecule has 23 heavy (non-hydrogen) atoms. The summed E-state index contributed by atoms with van der Waals surface area (Å²) in [5, 5.41) is 2.96. The first kappa shape index (κ1) is 17.9. The third-order valence-electron chi connectivity index (χ3n) is 3.62. The summed E-state index contributed by atoms with van der Waals surface area (Å²) in [5.41, 5.74) is 3.30. The van der Waals surface area contributed by atoms with E-state index in [1.165, 1.54) is 10.5 Å². The maximum absolute atomic E-state index is 11.6. The summed E-state index contributed by atoms with van der Waals surface area (Å²) in [6, 6.07) is 14.1. The fourth-order valence-electron chi connectivity index (χ4n) is 2.22. The minimum atomic E-state index is 0.0320. The van der Waals surface area contributed by atoms with Gasteiger partial charge in [0.25, 0.3) is 0 Å². The molecule has 0 aliphatic carbocycles. The summed E-state index contributed by atoms with van der Waals surface area (Å²) in [6.07, 6.45) is 0. The largest absolute Gasteiger partial charge is 0.316 e. The van der Waals surface area contributed by atoms with Crippen LogP contribution in [-0.2, 0) is 11.3 Å². The average molecular weight is 350 g/mol. The zero-order chi connectivity index (χ0) is 16.8. The smallest absolute Gasteiger partial charge is 0.223 e. The zero-order valence-electron chi connectivity index (χ0n) is 13.7. The lowest BCUT2D eigenvalue weighted by molar-refractivity contribution is -0.590. The number of benzene rings is 2. The molecule has 0 aromatic heterocycles. The fourth-order valence-corrected chi connectivity index (χ4v) is 3.13. The molecule has 0 bridgehead atoms. The van der Waals surface area contributed by atoms with Gasteiger partial charge in [-0.1, -0.05) is 30.7 Å². The van der Waals surface area contributed by atoms with Gasteiger partial charge in [-0.05, 0) is 30.0 Å². The average Bonchev–Trinajstić information content (AvgIpc) is 2.55. The third kappa shape index (κ3) is 4.99. The van der Waals surface area contributed by atoms with Crippen LogP contribution in [-0.4, -0.2) is 18.7 Å². The van der Waals surface area contributed by atoms with E-state index in [1.54, 1.807) is 18.9 Å². The van der Waals surface area contributed by atoms with Gasteiger partial charge in [-0.25, -0.2) is 0 Å². The molecule has 0 unspecified atom stereocenters. The molecule has 122 valence electrons. The van der Waals surface area contributed by atoms with Crippen molar-refractivity contribution in [2.45, 2.75) is 25.3 Å². The molecule has 0 atom stereocenters. The van der Waals surface area contributed by atoms with Crippen molar-refractivity contribution >= 4 is 40.6 Å². The van der Waals surface area contributed by atoms with Crippen LogP contribution in [0, 0.1) is 0 Å². The molecular weight excluding hydrogens is 328 g/mol. The van der Waals surface area contributed by atoms with Gasteiger partial charge in [0.2, 0.25) is 5.91 Å². The van der Waals surface area contributed by atoms with Gasteiger partial charge >= 0.3 is 0 Å². The predicted octanol–water partition coefficient (Wildman–Crippen LogP) is 3.83. The summed E-state index contributed by atoms with van der Waals surface area (Å²) in [7, 11) is 1.80. The monoisotopic (exact) mass is 349 g/mol. The van der Waals surface area contributed by atoms with Crippen LogP contribution in [0.1, 0.15) is 19.4 Å². The Morgan fingerprint density at radius 2 is 1.91 bits per heavy atom. The minimum Gasteiger partial charge on any atom is -0.316 e. The Labute approximate surface area is 147 Å². The van der Waals surface area contributed by atoms with Crippen molar-refractivity contribution < 1.29 is 10.1 Å². The molecule has 1 amide bonds. The van der Waals surface area contributed by atoms with Crippen molar-refractivity contribution in [1.82, 2.24) is 0 Å². The van der Waals surface area contributed by atoms with Crippen LogP contribution in [0.3, 0.4) is 0 Å². The number of carbonyl (C=O) groups excluding carboxylic acids is 1. The normalized spacial score (nSPS) is 10.6.